The van der Waals surface area contributed by atoms with Crippen LogP contribution in [-0.2, 0) is 9.53 Å². The van der Waals surface area contributed by atoms with Crippen molar-refractivity contribution in [3.63, 3.8) is 0 Å². The third-order valence-electron chi connectivity index (χ3n) is 11.8. The minimum Gasteiger partial charge on any atom is -0.478 e. The second-order valence-electron chi connectivity index (χ2n) is 16.4. The normalized spacial score (nSPS) is 24.5. The van der Waals surface area contributed by atoms with Crippen molar-refractivity contribution in [1.29, 1.82) is 0 Å². The minimum absolute atomic E-state index is 0.00574. The third kappa shape index (κ3) is 9.30. The Morgan fingerprint density at radius 3 is 2.37 bits per heavy atom. The van der Waals surface area contributed by atoms with Crippen molar-refractivity contribution in [1.82, 2.24) is 20.1 Å². The lowest BCUT2D eigenvalue weighted by atomic mass is 9.89. The number of nitrogens with zero attached hydrogens (tertiary/aromatic N) is 3. The van der Waals surface area contributed by atoms with Crippen LogP contribution >= 0.6 is 11.8 Å². The Balaban J connectivity index is 1.34. The number of carbonyl (C=O) groups excluding carboxylic acids is 2. The molecule has 59 heavy (non-hydrogen) atoms. The van der Waals surface area contributed by atoms with Crippen molar-refractivity contribution < 1.29 is 44.0 Å². The molecule has 2 fully saturated rings. The molecule has 14 nitrogen and oxygen atoms in total. The molecular weight excluding hydrogens is 775 g/mol. The summed E-state index contributed by atoms with van der Waals surface area (Å²) in [6, 6.07) is 14.1. The number of carboxylic acid groups (broad SMARTS) is 1. The second kappa shape index (κ2) is 18.4. The molecule has 6 rings (SSSR count). The first-order chi connectivity index (χ1) is 28.0. The number of carboxylic acids is 1. The topological polar surface area (TPSA) is 188 Å². The van der Waals surface area contributed by atoms with E-state index in [9.17, 15) is 34.8 Å². The molecule has 15 heteroatoms. The van der Waals surface area contributed by atoms with Crippen LogP contribution in [0.3, 0.4) is 0 Å². The van der Waals surface area contributed by atoms with E-state index >= 15 is 0 Å². The number of likely N-dealkylation sites (tertiary alicyclic amines) is 1. The third-order valence-corrected chi connectivity index (χ3v) is 12.7. The highest BCUT2D eigenvalue weighted by Gasteiger charge is 2.48. The van der Waals surface area contributed by atoms with E-state index in [-0.39, 0.29) is 29.5 Å². The van der Waals surface area contributed by atoms with Gasteiger partial charge in [0.15, 0.2) is 0 Å². The molecule has 2 aromatic carbocycles. The molecule has 9 atom stereocenters. The van der Waals surface area contributed by atoms with Crippen LogP contribution < -0.4 is 25.5 Å². The molecule has 6 N–H and O–H groups in total. The number of anilines is 1. The maximum atomic E-state index is 14.1. The first-order valence-electron chi connectivity index (χ1n) is 20.1. The molecule has 0 spiro atoms. The lowest BCUT2D eigenvalue weighted by Crippen LogP contribution is -2.66. The van der Waals surface area contributed by atoms with Crippen molar-refractivity contribution in [2.45, 2.75) is 87.5 Å². The summed E-state index contributed by atoms with van der Waals surface area (Å²) in [7, 11) is 9.69. The molecule has 2 aromatic rings. The first-order valence-corrected chi connectivity index (χ1v) is 21.4. The van der Waals surface area contributed by atoms with Crippen LogP contribution in [0.15, 0.2) is 59.0 Å². The Bertz CT molecular complexity index is 2220. The van der Waals surface area contributed by atoms with Gasteiger partial charge in [-0.05, 0) is 74.9 Å². The molecule has 4 aliphatic rings. The maximum Gasteiger partial charge on any atom is 0.336 e. The highest BCUT2D eigenvalue weighted by Crippen LogP contribution is 2.42. The van der Waals surface area contributed by atoms with Crippen molar-refractivity contribution in [2.75, 3.05) is 52.9 Å². The molecule has 0 radical (unpaired) electrons. The number of aliphatic hydroxyl groups excluding tert-OH is 3. The number of ether oxygens (including phenoxy) is 1. The average molecular weight is 833 g/mol. The largest absolute Gasteiger partial charge is 0.478 e. The van der Waals surface area contributed by atoms with Gasteiger partial charge in [0.2, 0.25) is 11.3 Å². The van der Waals surface area contributed by atoms with Gasteiger partial charge in [0.1, 0.15) is 55.3 Å². The molecule has 1 aliphatic carbocycles. The number of benzene rings is 3. The van der Waals surface area contributed by atoms with Crippen molar-refractivity contribution in [2.24, 2.45) is 5.92 Å². The molecule has 318 valence electrons. The lowest BCUT2D eigenvalue weighted by Gasteiger charge is -2.44. The van der Waals surface area contributed by atoms with E-state index in [0.29, 0.717) is 39.3 Å². The molecule has 0 aromatic heterocycles. The predicted octanol–water partition coefficient (Wildman–Crippen LogP) is 3.28. The number of hydrogen-bond acceptors (Lipinski definition) is 11. The van der Waals surface area contributed by atoms with Gasteiger partial charge in [-0.15, -0.1) is 11.8 Å². The van der Waals surface area contributed by atoms with Crippen LogP contribution in [0.5, 0.6) is 0 Å². The number of carbonyl (C=O) groups is 3. The van der Waals surface area contributed by atoms with E-state index in [0.717, 1.165) is 48.6 Å². The molecular formula is C44H58N5O9S+. The van der Waals surface area contributed by atoms with Gasteiger partial charge in [-0.2, -0.15) is 0 Å². The highest BCUT2D eigenvalue weighted by molar-refractivity contribution is 7.99. The number of thioether (sulfide) groups is 1. The van der Waals surface area contributed by atoms with Crippen molar-refractivity contribution in [3.05, 3.63) is 71.1 Å². The minimum atomic E-state index is -1.59. The molecule has 2 amide bonds. The van der Waals surface area contributed by atoms with Gasteiger partial charge >= 0.3 is 5.97 Å². The van der Waals surface area contributed by atoms with Gasteiger partial charge in [0.05, 0.1) is 17.7 Å². The van der Waals surface area contributed by atoms with Gasteiger partial charge in [-0.3, -0.25) is 9.59 Å². The molecule has 2 saturated heterocycles. The van der Waals surface area contributed by atoms with Gasteiger partial charge < -0.3 is 50.0 Å². The Kier molecular flexibility index (Phi) is 13.7. The Morgan fingerprint density at radius 1 is 0.983 bits per heavy atom. The van der Waals surface area contributed by atoms with Gasteiger partial charge in [-0.25, -0.2) is 9.37 Å². The Morgan fingerprint density at radius 2 is 1.71 bits per heavy atom. The zero-order valence-electron chi connectivity index (χ0n) is 35.0. The zero-order chi connectivity index (χ0) is 42.9. The monoisotopic (exact) mass is 832 g/mol. The maximum absolute atomic E-state index is 14.1. The Labute approximate surface area is 349 Å². The van der Waals surface area contributed by atoms with E-state index in [4.69, 9.17) is 9.15 Å². The summed E-state index contributed by atoms with van der Waals surface area (Å²) >= 11 is 1.15. The summed E-state index contributed by atoms with van der Waals surface area (Å²) in [5, 5.41) is 50.8. The van der Waals surface area contributed by atoms with Crippen LogP contribution in [0.4, 0.5) is 5.69 Å². The lowest BCUT2D eigenvalue weighted by molar-refractivity contribution is -0.206. The number of amides is 2. The van der Waals surface area contributed by atoms with Gasteiger partial charge in [0, 0.05) is 79.0 Å². The summed E-state index contributed by atoms with van der Waals surface area (Å²) in [6.45, 7) is 4.68. The fourth-order valence-electron chi connectivity index (χ4n) is 8.54. The number of rotatable bonds is 13. The highest BCUT2D eigenvalue weighted by atomic mass is 32.2. The molecule has 0 unspecified atom stereocenters. The summed E-state index contributed by atoms with van der Waals surface area (Å²) in [6.07, 6.45) is -0.884. The van der Waals surface area contributed by atoms with Crippen LogP contribution in [0, 0.1) is 5.92 Å². The number of aromatic carboxylic acids is 1. The quantitative estimate of drug-likeness (QED) is 0.0855. The smallest absolute Gasteiger partial charge is 0.336 e. The molecule has 0 saturated carbocycles. The number of nitrogens with one attached hydrogen (secondary N) is 2. The first kappa shape index (κ1) is 44.1. The zero-order valence-corrected chi connectivity index (χ0v) is 35.8. The standard InChI is InChI=1S/C44H57N5O9S/c1-9-10-24-17-28(49(7)22-24)21-35(50)46-37(41-39(52)38(51)40(53)44(58-41)59-8)23(2)45-42(54)25-11-14-29(32(18-25)43(55)56)36-30-15-12-26(47(3)4)19-33(30)57-34-20-27(48(5)6)13-16-31(34)36/h11-16,18-20,23-24,28,37-41,44,51-53H,9-10,17,21-22H2,1-8H3,(H2-,45,46,50,54,55,56)/p+1/t23-,24-,28+,37-,38+,39-,40-,41-,44-/m1/s1. The van der Waals surface area contributed by atoms with E-state index < -0.39 is 53.8 Å². The van der Waals surface area contributed by atoms with E-state index in [2.05, 4.69) is 22.5 Å². The fraction of sp³-hybridized carbons (Fsp3) is 0.500. The number of fused-ring (bicyclic) bond motifs is 2. The Hall–Kier alpha value is -4.51. The fourth-order valence-corrected chi connectivity index (χ4v) is 9.22. The van der Waals surface area contributed by atoms with Gasteiger partial charge in [-0.1, -0.05) is 19.4 Å². The summed E-state index contributed by atoms with van der Waals surface area (Å²) in [4.78, 5) is 45.0. The van der Waals surface area contributed by atoms with Crippen LogP contribution in [-0.4, -0.2) is 139 Å². The van der Waals surface area contributed by atoms with E-state index in [1.54, 1.807) is 25.3 Å². The van der Waals surface area contributed by atoms with E-state index in [1.807, 2.05) is 81.1 Å². The SMILES string of the molecule is CCC[C@@H]1C[C@@H](CC(=O)N[C@@H]([C@H]2O[C@H](SC)[C@H](O)[C@@H](O)[C@H]2O)[C@@H](C)NC(=O)c2ccc(-c3c4ccc(=[N+](C)C)cc-4oc4cc(N(C)C)ccc34)c(C(=O)O)c2)N(C)C1. The number of hydrogen-bond donors (Lipinski definition) is 6. The van der Waals surface area contributed by atoms with Crippen LogP contribution in [0.2, 0.25) is 0 Å². The van der Waals surface area contributed by atoms with Crippen molar-refractivity contribution >= 4 is 46.2 Å². The summed E-state index contributed by atoms with van der Waals surface area (Å²) in [5.74, 6) is -1.13. The van der Waals surface area contributed by atoms with Crippen molar-refractivity contribution in [3.8, 4) is 22.5 Å². The number of aliphatic hydroxyl groups is 3. The van der Waals surface area contributed by atoms with E-state index in [1.165, 1.54) is 6.07 Å². The van der Waals surface area contributed by atoms with Gasteiger partial charge in [0.25, 0.3) is 5.91 Å². The predicted molar refractivity (Wildman–Crippen MR) is 230 cm³/mol. The summed E-state index contributed by atoms with van der Waals surface area (Å²) < 4.78 is 14.5. The van der Waals surface area contributed by atoms with Crippen LogP contribution in [0.1, 0.15) is 60.2 Å². The second-order valence-corrected chi connectivity index (χ2v) is 17.3. The molecule has 3 aliphatic heterocycles. The van der Waals surface area contributed by atoms with Crippen LogP contribution in [0.25, 0.3) is 33.4 Å². The average Bonchev–Trinajstić information content (AvgIpc) is 3.54. The summed E-state index contributed by atoms with van der Waals surface area (Å²) in [5.41, 5.74) is 2.22. The molecule has 0 bridgehead atoms. The molecule has 3 heterocycles.